The summed E-state index contributed by atoms with van der Waals surface area (Å²) in [5, 5.41) is 4.05. The van der Waals surface area contributed by atoms with Crippen molar-refractivity contribution in [2.75, 3.05) is 20.2 Å². The van der Waals surface area contributed by atoms with Gasteiger partial charge < -0.3 is 15.1 Å². The lowest BCUT2D eigenvalue weighted by atomic mass is 10.1. The van der Waals surface area contributed by atoms with Crippen molar-refractivity contribution in [3.05, 3.63) is 30.0 Å². The Hall–Kier alpha value is -1.01. The van der Waals surface area contributed by atoms with Gasteiger partial charge in [-0.05, 0) is 30.5 Å². The third kappa shape index (κ3) is 3.11. The van der Waals surface area contributed by atoms with Crippen molar-refractivity contribution in [3.8, 4) is 0 Å². The summed E-state index contributed by atoms with van der Waals surface area (Å²) in [6, 6.07) is 6.53. The molecule has 0 atom stereocenters. The molecule has 3 rings (SSSR count). The molecule has 2 heterocycles. The first-order valence-corrected chi connectivity index (χ1v) is 8.33. The Morgan fingerprint density at radius 2 is 2.10 bits per heavy atom. The molecule has 114 valence electrons. The van der Waals surface area contributed by atoms with Gasteiger partial charge in [0.25, 0.3) is 0 Å². The molecule has 1 aliphatic heterocycles. The van der Waals surface area contributed by atoms with Gasteiger partial charge in [-0.3, -0.25) is 0 Å². The normalized spacial score (nSPS) is 17.7. The second kappa shape index (κ2) is 6.40. The minimum Gasteiger partial charge on any atom is -0.349 e. The first-order chi connectivity index (χ1) is 10.2. The zero-order chi connectivity index (χ0) is 14.8. The van der Waals surface area contributed by atoms with Crippen LogP contribution in [0.4, 0.5) is 0 Å². The standard InChI is InChI=1S/C16H23N3OS/c1-18-11-16(14-9-12(10-17)3-4-15(14)18)21-13-5-7-19(20-2)8-6-13/h3-4,9,11,13H,5-8,10,17H2,1-2H3. The first kappa shape index (κ1) is 14.9. The molecule has 0 radical (unpaired) electrons. The van der Waals surface area contributed by atoms with Crippen LogP contribution in [0, 0.1) is 0 Å². The van der Waals surface area contributed by atoms with Gasteiger partial charge in [-0.15, -0.1) is 11.8 Å². The molecule has 0 unspecified atom stereocenters. The number of rotatable bonds is 4. The van der Waals surface area contributed by atoms with Crippen molar-refractivity contribution in [1.82, 2.24) is 9.63 Å². The average molecular weight is 305 g/mol. The monoisotopic (exact) mass is 305 g/mol. The van der Waals surface area contributed by atoms with Crippen LogP contribution in [0.15, 0.2) is 29.3 Å². The van der Waals surface area contributed by atoms with Crippen LogP contribution in [0.25, 0.3) is 10.9 Å². The van der Waals surface area contributed by atoms with Crippen LogP contribution in [-0.2, 0) is 18.4 Å². The summed E-state index contributed by atoms with van der Waals surface area (Å²) >= 11 is 2.00. The largest absolute Gasteiger partial charge is 0.349 e. The molecule has 1 fully saturated rings. The van der Waals surface area contributed by atoms with Gasteiger partial charge in [0.15, 0.2) is 0 Å². The van der Waals surface area contributed by atoms with E-state index in [-0.39, 0.29) is 0 Å². The molecule has 21 heavy (non-hydrogen) atoms. The van der Waals surface area contributed by atoms with Crippen molar-refractivity contribution in [1.29, 1.82) is 0 Å². The number of benzene rings is 1. The number of thioether (sulfide) groups is 1. The van der Waals surface area contributed by atoms with E-state index in [9.17, 15) is 0 Å². The third-order valence-electron chi connectivity index (χ3n) is 4.21. The molecular formula is C16H23N3OS. The molecule has 5 heteroatoms. The summed E-state index contributed by atoms with van der Waals surface area (Å²) in [6.07, 6.45) is 4.59. The fraction of sp³-hybridized carbons (Fsp3) is 0.500. The van der Waals surface area contributed by atoms with Crippen molar-refractivity contribution < 1.29 is 4.84 Å². The molecule has 0 saturated carbocycles. The molecule has 0 aliphatic carbocycles. The number of nitrogens with zero attached hydrogens (tertiary/aromatic N) is 2. The molecule has 2 N–H and O–H groups in total. The highest BCUT2D eigenvalue weighted by atomic mass is 32.2. The molecule has 1 saturated heterocycles. The predicted octanol–water partition coefficient (Wildman–Crippen LogP) is 2.75. The van der Waals surface area contributed by atoms with Crippen molar-refractivity contribution in [2.24, 2.45) is 12.8 Å². The number of nitrogens with two attached hydrogens (primary N) is 1. The van der Waals surface area contributed by atoms with Crippen LogP contribution in [0.1, 0.15) is 18.4 Å². The lowest BCUT2D eigenvalue weighted by Gasteiger charge is -2.29. The molecule has 1 aromatic heterocycles. The minimum absolute atomic E-state index is 0.598. The van der Waals surface area contributed by atoms with E-state index in [1.165, 1.54) is 34.2 Å². The number of fused-ring (bicyclic) bond motifs is 1. The molecule has 0 spiro atoms. The molecular weight excluding hydrogens is 282 g/mol. The molecule has 0 bridgehead atoms. The fourth-order valence-corrected chi connectivity index (χ4v) is 4.25. The lowest BCUT2D eigenvalue weighted by molar-refractivity contribution is -0.140. The van der Waals surface area contributed by atoms with E-state index in [1.54, 1.807) is 7.11 Å². The van der Waals surface area contributed by atoms with Gasteiger partial charge in [0, 0.05) is 53.9 Å². The smallest absolute Gasteiger partial charge is 0.0575 e. The number of hydroxylamine groups is 2. The Kier molecular flexibility index (Phi) is 4.54. The van der Waals surface area contributed by atoms with Gasteiger partial charge in [0.05, 0.1) is 7.11 Å². The molecule has 1 aromatic carbocycles. The van der Waals surface area contributed by atoms with Crippen LogP contribution in [-0.4, -0.2) is 35.1 Å². The van der Waals surface area contributed by atoms with Crippen molar-refractivity contribution in [2.45, 2.75) is 29.5 Å². The maximum Gasteiger partial charge on any atom is 0.0575 e. The van der Waals surface area contributed by atoms with Gasteiger partial charge in [-0.1, -0.05) is 6.07 Å². The Morgan fingerprint density at radius 3 is 2.76 bits per heavy atom. The van der Waals surface area contributed by atoms with Gasteiger partial charge in [-0.2, -0.15) is 5.06 Å². The number of aryl methyl sites for hydroxylation is 1. The first-order valence-electron chi connectivity index (χ1n) is 7.45. The Morgan fingerprint density at radius 1 is 1.33 bits per heavy atom. The van der Waals surface area contributed by atoms with Crippen LogP contribution in [0.3, 0.4) is 0 Å². The summed E-state index contributed by atoms with van der Waals surface area (Å²) < 4.78 is 2.21. The summed E-state index contributed by atoms with van der Waals surface area (Å²) in [5.41, 5.74) is 8.26. The minimum atomic E-state index is 0.598. The van der Waals surface area contributed by atoms with E-state index in [0.29, 0.717) is 11.8 Å². The fourth-order valence-electron chi connectivity index (χ4n) is 2.94. The molecule has 0 amide bonds. The van der Waals surface area contributed by atoms with Crippen LogP contribution >= 0.6 is 11.8 Å². The highest BCUT2D eigenvalue weighted by Crippen LogP contribution is 2.36. The van der Waals surface area contributed by atoms with Gasteiger partial charge in [-0.25, -0.2) is 0 Å². The number of hydrogen-bond donors (Lipinski definition) is 1. The van der Waals surface area contributed by atoms with E-state index in [1.807, 2.05) is 16.8 Å². The van der Waals surface area contributed by atoms with Crippen LogP contribution in [0.5, 0.6) is 0 Å². The quantitative estimate of drug-likeness (QED) is 0.943. The lowest BCUT2D eigenvalue weighted by Crippen LogP contribution is -2.33. The summed E-state index contributed by atoms with van der Waals surface area (Å²) in [7, 11) is 3.87. The van der Waals surface area contributed by atoms with Crippen molar-refractivity contribution >= 4 is 22.7 Å². The molecule has 2 aromatic rings. The molecule has 4 nitrogen and oxygen atoms in total. The van der Waals surface area contributed by atoms with E-state index in [0.717, 1.165) is 13.1 Å². The summed E-state index contributed by atoms with van der Waals surface area (Å²) in [5.74, 6) is 0. The van der Waals surface area contributed by atoms with Gasteiger partial charge in [0.1, 0.15) is 0 Å². The zero-order valence-corrected chi connectivity index (χ0v) is 13.5. The predicted molar refractivity (Wildman–Crippen MR) is 88.3 cm³/mol. The summed E-state index contributed by atoms with van der Waals surface area (Å²) in [4.78, 5) is 6.67. The van der Waals surface area contributed by atoms with E-state index >= 15 is 0 Å². The second-order valence-corrected chi connectivity index (χ2v) is 6.93. The Labute approximate surface area is 130 Å². The second-order valence-electron chi connectivity index (χ2n) is 5.59. The van der Waals surface area contributed by atoms with E-state index < -0.39 is 0 Å². The maximum atomic E-state index is 5.78. The number of hydrogen-bond acceptors (Lipinski definition) is 4. The van der Waals surface area contributed by atoms with E-state index in [2.05, 4.69) is 36.0 Å². The number of aromatic nitrogens is 1. The third-order valence-corrected chi connectivity index (χ3v) is 5.59. The molecule has 1 aliphatic rings. The zero-order valence-electron chi connectivity index (χ0n) is 12.7. The summed E-state index contributed by atoms with van der Waals surface area (Å²) in [6.45, 7) is 2.64. The van der Waals surface area contributed by atoms with Crippen LogP contribution in [0.2, 0.25) is 0 Å². The Bertz CT molecular complexity index is 617. The van der Waals surface area contributed by atoms with Crippen molar-refractivity contribution in [3.63, 3.8) is 0 Å². The topological polar surface area (TPSA) is 43.4 Å². The SMILES string of the molecule is CON1CCC(Sc2cn(C)c3ccc(CN)cc23)CC1. The van der Waals surface area contributed by atoms with Crippen LogP contribution < -0.4 is 5.73 Å². The maximum absolute atomic E-state index is 5.78. The highest BCUT2D eigenvalue weighted by molar-refractivity contribution is 8.00. The van der Waals surface area contributed by atoms with Gasteiger partial charge in [0.2, 0.25) is 0 Å². The Balaban J connectivity index is 1.80. The average Bonchev–Trinajstić information content (AvgIpc) is 2.83. The highest BCUT2D eigenvalue weighted by Gasteiger charge is 2.21. The number of piperidine rings is 1. The van der Waals surface area contributed by atoms with Gasteiger partial charge >= 0.3 is 0 Å². The van der Waals surface area contributed by atoms with E-state index in [4.69, 9.17) is 10.6 Å².